The minimum atomic E-state index is -3.38. The molecular weight excluding hydrogens is 332 g/mol. The number of rotatable bonds is 4. The first kappa shape index (κ1) is 19.2. The Balaban J connectivity index is 1.89. The fraction of sp³-hybridized carbons (Fsp3) is 0.810. The molecule has 3 nitrogen and oxygen atoms in total. The largest absolute Gasteiger partial charge is 0.270 e. The first-order valence-corrected chi connectivity index (χ1v) is 11.5. The van der Waals surface area contributed by atoms with Crippen LogP contribution in [0.4, 0.5) is 0 Å². The van der Waals surface area contributed by atoms with Crippen LogP contribution in [0.3, 0.4) is 0 Å². The van der Waals surface area contributed by atoms with E-state index in [1.165, 1.54) is 25.7 Å². The molecule has 0 heterocycles. The third-order valence-electron chi connectivity index (χ3n) is 7.62. The van der Waals surface area contributed by atoms with Gasteiger partial charge in [0.15, 0.2) is 0 Å². The average molecular weight is 367 g/mol. The Morgan fingerprint density at radius 2 is 1.96 bits per heavy atom. The van der Waals surface area contributed by atoms with Crippen molar-refractivity contribution >= 4 is 10.1 Å². The molecule has 5 atom stereocenters. The summed E-state index contributed by atoms with van der Waals surface area (Å²) in [6, 6.07) is 0. The second kappa shape index (κ2) is 6.23. The molecule has 0 aliphatic heterocycles. The lowest BCUT2D eigenvalue weighted by molar-refractivity contribution is -0.0840. The number of allylic oxidation sites excluding steroid dienone is 3. The molecule has 0 spiro atoms. The van der Waals surface area contributed by atoms with Gasteiger partial charge >= 0.3 is 0 Å². The summed E-state index contributed by atoms with van der Waals surface area (Å²) in [6.07, 6.45) is 13.9. The molecule has 0 aromatic carbocycles. The van der Waals surface area contributed by atoms with E-state index in [4.69, 9.17) is 4.18 Å². The number of hydrogen-bond donors (Lipinski definition) is 0. The van der Waals surface area contributed by atoms with Crippen molar-refractivity contribution < 1.29 is 12.6 Å². The minimum Gasteiger partial charge on any atom is -0.270 e. The van der Waals surface area contributed by atoms with Crippen LogP contribution in [0.2, 0.25) is 0 Å². The van der Waals surface area contributed by atoms with Crippen molar-refractivity contribution in [1.29, 1.82) is 0 Å². The van der Waals surface area contributed by atoms with Crippen LogP contribution in [0.1, 0.15) is 65.7 Å². The first-order valence-electron chi connectivity index (χ1n) is 9.71. The summed E-state index contributed by atoms with van der Waals surface area (Å²) in [4.78, 5) is 0. The molecule has 0 radical (unpaired) electrons. The zero-order chi connectivity index (χ0) is 18.5. The monoisotopic (exact) mass is 366 g/mol. The highest BCUT2D eigenvalue weighted by atomic mass is 32.2. The van der Waals surface area contributed by atoms with E-state index in [1.807, 2.05) is 0 Å². The van der Waals surface area contributed by atoms with Gasteiger partial charge in [0.25, 0.3) is 10.1 Å². The van der Waals surface area contributed by atoms with Crippen molar-refractivity contribution in [1.82, 2.24) is 0 Å². The predicted octanol–water partition coefficient (Wildman–Crippen LogP) is 5.10. The summed E-state index contributed by atoms with van der Waals surface area (Å²) in [5.41, 5.74) is 1.99. The summed E-state index contributed by atoms with van der Waals surface area (Å²) in [5.74, 6) is 1.17. The third-order valence-corrected chi connectivity index (χ3v) is 8.17. The molecule has 0 bridgehead atoms. The van der Waals surface area contributed by atoms with Gasteiger partial charge in [-0.2, -0.15) is 8.42 Å². The van der Waals surface area contributed by atoms with Crippen LogP contribution < -0.4 is 0 Å². The molecule has 0 aromatic rings. The van der Waals surface area contributed by atoms with Crippen LogP contribution in [0.5, 0.6) is 0 Å². The van der Waals surface area contributed by atoms with E-state index in [-0.39, 0.29) is 16.2 Å². The Bertz CT molecular complexity index is 679. The van der Waals surface area contributed by atoms with Crippen LogP contribution >= 0.6 is 0 Å². The zero-order valence-electron chi connectivity index (χ0n) is 16.3. The molecule has 3 rings (SSSR count). The van der Waals surface area contributed by atoms with Gasteiger partial charge in [-0.25, -0.2) is 0 Å². The second-order valence-corrected chi connectivity index (χ2v) is 11.2. The molecule has 0 saturated heterocycles. The van der Waals surface area contributed by atoms with Crippen molar-refractivity contribution in [2.24, 2.45) is 28.1 Å². The summed E-state index contributed by atoms with van der Waals surface area (Å²) >= 11 is 0. The molecule has 142 valence electrons. The molecule has 25 heavy (non-hydrogen) atoms. The van der Waals surface area contributed by atoms with E-state index in [0.717, 1.165) is 25.5 Å². The van der Waals surface area contributed by atoms with Crippen molar-refractivity contribution in [3.05, 3.63) is 24.3 Å². The van der Waals surface area contributed by atoms with E-state index >= 15 is 0 Å². The van der Waals surface area contributed by atoms with Gasteiger partial charge < -0.3 is 0 Å². The summed E-state index contributed by atoms with van der Waals surface area (Å²) in [5, 5.41) is 0. The molecule has 2 saturated carbocycles. The van der Waals surface area contributed by atoms with Crippen molar-refractivity contribution in [3.8, 4) is 0 Å². The summed E-state index contributed by atoms with van der Waals surface area (Å²) < 4.78 is 28.4. The molecule has 1 unspecified atom stereocenters. The van der Waals surface area contributed by atoms with Gasteiger partial charge in [-0.1, -0.05) is 44.9 Å². The van der Waals surface area contributed by atoms with E-state index in [9.17, 15) is 8.42 Å². The highest BCUT2D eigenvalue weighted by molar-refractivity contribution is 7.85. The average Bonchev–Trinajstić information content (AvgIpc) is 2.52. The quantitative estimate of drug-likeness (QED) is 0.514. The van der Waals surface area contributed by atoms with Crippen molar-refractivity contribution in [2.75, 3.05) is 12.9 Å². The standard InChI is InChI=1S/C21H34O3S/c1-6-19(2)13-10-17-16(14-19)8-9-18-20(3,15-24-25(5,22)23)11-7-12-21(17,18)4/h6,14,17-18H,1,7-13,15H2,2-5H3/t17-,18?,19+,20-,21+/m0/s1. The fourth-order valence-corrected chi connectivity index (χ4v) is 6.72. The Kier molecular flexibility index (Phi) is 4.77. The Morgan fingerprint density at radius 1 is 1.24 bits per heavy atom. The summed E-state index contributed by atoms with van der Waals surface area (Å²) in [6.45, 7) is 11.4. The Morgan fingerprint density at radius 3 is 2.60 bits per heavy atom. The number of hydrogen-bond acceptors (Lipinski definition) is 3. The SMILES string of the molecule is C=C[C@@]1(C)C=C2CCC3[C@](C)(COS(C)(=O)=O)CCC[C@]3(C)[C@H]2CC1. The molecule has 3 aliphatic carbocycles. The first-order chi connectivity index (χ1) is 11.5. The van der Waals surface area contributed by atoms with Crippen LogP contribution in [-0.2, 0) is 14.3 Å². The van der Waals surface area contributed by atoms with Gasteiger partial charge in [-0.15, -0.1) is 6.58 Å². The molecule has 0 amide bonds. The smallest absolute Gasteiger partial charge is 0.264 e. The maximum absolute atomic E-state index is 11.5. The van der Waals surface area contributed by atoms with Gasteiger partial charge in [0, 0.05) is 5.41 Å². The Labute approximate surface area is 154 Å². The van der Waals surface area contributed by atoms with Crippen LogP contribution in [-0.4, -0.2) is 21.3 Å². The van der Waals surface area contributed by atoms with Gasteiger partial charge in [0.1, 0.15) is 0 Å². The summed E-state index contributed by atoms with van der Waals surface area (Å²) in [7, 11) is -3.38. The van der Waals surface area contributed by atoms with Crippen molar-refractivity contribution in [3.63, 3.8) is 0 Å². The van der Waals surface area contributed by atoms with E-state index < -0.39 is 10.1 Å². The zero-order valence-corrected chi connectivity index (χ0v) is 17.1. The Hall–Kier alpha value is -0.610. The highest BCUT2D eigenvalue weighted by Crippen LogP contribution is 2.64. The molecular formula is C21H34O3S. The van der Waals surface area contributed by atoms with Crippen molar-refractivity contribution in [2.45, 2.75) is 65.7 Å². The van der Waals surface area contributed by atoms with Gasteiger partial charge in [-0.05, 0) is 61.2 Å². The van der Waals surface area contributed by atoms with Gasteiger partial charge in [0.05, 0.1) is 12.9 Å². The molecule has 0 aromatic heterocycles. The minimum absolute atomic E-state index is 0.0409. The molecule has 2 fully saturated rings. The maximum atomic E-state index is 11.5. The molecule has 4 heteroatoms. The van der Waals surface area contributed by atoms with Crippen LogP contribution in [0.25, 0.3) is 0 Å². The van der Waals surface area contributed by atoms with E-state index in [0.29, 0.717) is 18.4 Å². The lowest BCUT2D eigenvalue weighted by Crippen LogP contribution is -2.53. The van der Waals surface area contributed by atoms with Crippen LogP contribution in [0, 0.1) is 28.1 Å². The predicted molar refractivity (Wildman–Crippen MR) is 103 cm³/mol. The van der Waals surface area contributed by atoms with Gasteiger partial charge in [0.2, 0.25) is 0 Å². The lowest BCUT2D eigenvalue weighted by Gasteiger charge is -2.60. The van der Waals surface area contributed by atoms with E-state index in [2.05, 4.69) is 39.5 Å². The van der Waals surface area contributed by atoms with Gasteiger partial charge in [-0.3, -0.25) is 4.18 Å². The molecule has 0 N–H and O–H groups in total. The fourth-order valence-electron chi connectivity index (χ4n) is 6.24. The normalized spacial score (nSPS) is 44.4. The maximum Gasteiger partial charge on any atom is 0.264 e. The van der Waals surface area contributed by atoms with Crippen LogP contribution in [0.15, 0.2) is 24.3 Å². The van der Waals surface area contributed by atoms with E-state index in [1.54, 1.807) is 5.57 Å². The lowest BCUT2D eigenvalue weighted by atomic mass is 9.45. The third kappa shape index (κ3) is 3.49. The highest BCUT2D eigenvalue weighted by Gasteiger charge is 2.55. The number of fused-ring (bicyclic) bond motifs is 3. The topological polar surface area (TPSA) is 43.4 Å². The molecule has 3 aliphatic rings. The second-order valence-electron chi connectivity index (χ2n) is 9.59.